The molecule has 0 fully saturated rings. The van der Waals surface area contributed by atoms with Crippen LogP contribution in [0, 0.1) is 11.6 Å². The molecule has 0 amide bonds. The Bertz CT molecular complexity index is 624. The van der Waals surface area contributed by atoms with Gasteiger partial charge in [0.1, 0.15) is 11.5 Å². The lowest BCUT2D eigenvalue weighted by atomic mass is 10.1. The molecule has 2 aromatic rings. The van der Waals surface area contributed by atoms with E-state index >= 15 is 0 Å². The second-order valence-corrected chi connectivity index (χ2v) is 5.14. The van der Waals surface area contributed by atoms with Crippen molar-refractivity contribution in [2.24, 2.45) is 0 Å². The standard InChI is InChI=1S/C17H19F2NO2/c1-20(10-12-4-5-16(18)17(19)8-12)11-13-6-14(21-2)9-15(7-13)22-3/h4-9H,10-11H2,1-3H3. The van der Waals surface area contributed by atoms with Crippen LogP contribution in [-0.2, 0) is 13.1 Å². The second kappa shape index (κ2) is 7.22. The van der Waals surface area contributed by atoms with Crippen LogP contribution in [0.4, 0.5) is 8.78 Å². The Balaban J connectivity index is 2.07. The first-order valence-corrected chi connectivity index (χ1v) is 6.86. The van der Waals surface area contributed by atoms with Crippen LogP contribution in [0.3, 0.4) is 0 Å². The summed E-state index contributed by atoms with van der Waals surface area (Å²) >= 11 is 0. The fourth-order valence-corrected chi connectivity index (χ4v) is 2.27. The summed E-state index contributed by atoms with van der Waals surface area (Å²) in [5.41, 5.74) is 1.73. The van der Waals surface area contributed by atoms with Crippen LogP contribution in [0.5, 0.6) is 11.5 Å². The zero-order chi connectivity index (χ0) is 16.1. The maximum absolute atomic E-state index is 13.2. The molecule has 118 valence electrons. The van der Waals surface area contributed by atoms with Crippen LogP contribution in [0.1, 0.15) is 11.1 Å². The van der Waals surface area contributed by atoms with Crippen molar-refractivity contribution < 1.29 is 18.3 Å². The van der Waals surface area contributed by atoms with E-state index < -0.39 is 11.6 Å². The van der Waals surface area contributed by atoms with Crippen molar-refractivity contribution in [1.82, 2.24) is 4.90 Å². The highest BCUT2D eigenvalue weighted by Gasteiger charge is 2.08. The lowest BCUT2D eigenvalue weighted by Crippen LogP contribution is -2.17. The van der Waals surface area contributed by atoms with Gasteiger partial charge in [-0.05, 0) is 42.4 Å². The largest absolute Gasteiger partial charge is 0.497 e. The predicted octanol–water partition coefficient (Wildman–Crippen LogP) is 3.61. The Kier molecular flexibility index (Phi) is 5.33. The van der Waals surface area contributed by atoms with Crippen LogP contribution in [0.2, 0.25) is 0 Å². The van der Waals surface area contributed by atoms with Crippen molar-refractivity contribution in [2.45, 2.75) is 13.1 Å². The number of ether oxygens (including phenoxy) is 2. The van der Waals surface area contributed by atoms with Gasteiger partial charge in [0.2, 0.25) is 0 Å². The molecule has 0 spiro atoms. The minimum atomic E-state index is -0.830. The molecular formula is C17H19F2NO2. The first-order valence-electron chi connectivity index (χ1n) is 6.86. The number of benzene rings is 2. The molecule has 3 nitrogen and oxygen atoms in total. The van der Waals surface area contributed by atoms with Crippen molar-refractivity contribution in [1.29, 1.82) is 0 Å². The molecule has 0 atom stereocenters. The molecule has 0 aliphatic heterocycles. The predicted molar refractivity (Wildman–Crippen MR) is 81.1 cm³/mol. The number of hydrogen-bond acceptors (Lipinski definition) is 3. The lowest BCUT2D eigenvalue weighted by molar-refractivity contribution is 0.316. The quantitative estimate of drug-likeness (QED) is 0.813. The molecule has 5 heteroatoms. The Morgan fingerprint density at radius 2 is 1.41 bits per heavy atom. The van der Waals surface area contributed by atoms with Gasteiger partial charge in [0, 0.05) is 19.2 Å². The zero-order valence-corrected chi connectivity index (χ0v) is 12.9. The highest BCUT2D eigenvalue weighted by molar-refractivity contribution is 5.38. The minimum absolute atomic E-state index is 0.511. The van der Waals surface area contributed by atoms with Gasteiger partial charge in [-0.3, -0.25) is 4.90 Å². The van der Waals surface area contributed by atoms with Crippen LogP contribution >= 0.6 is 0 Å². The van der Waals surface area contributed by atoms with E-state index in [9.17, 15) is 8.78 Å². The average Bonchev–Trinajstić information content (AvgIpc) is 2.50. The van der Waals surface area contributed by atoms with Gasteiger partial charge >= 0.3 is 0 Å². The van der Waals surface area contributed by atoms with E-state index in [2.05, 4.69) is 0 Å². The summed E-state index contributed by atoms with van der Waals surface area (Å²) in [5, 5.41) is 0. The molecule has 0 aliphatic rings. The topological polar surface area (TPSA) is 21.7 Å². The Labute approximate surface area is 129 Å². The van der Waals surface area contributed by atoms with E-state index in [1.165, 1.54) is 6.07 Å². The monoisotopic (exact) mass is 307 g/mol. The molecule has 22 heavy (non-hydrogen) atoms. The Morgan fingerprint density at radius 3 is 1.95 bits per heavy atom. The molecule has 2 aromatic carbocycles. The molecule has 0 heterocycles. The molecule has 0 unspecified atom stereocenters. The van der Waals surface area contributed by atoms with Crippen molar-refractivity contribution in [3.05, 3.63) is 59.2 Å². The number of methoxy groups -OCH3 is 2. The first-order chi connectivity index (χ1) is 10.5. The van der Waals surface area contributed by atoms with Crippen LogP contribution in [0.15, 0.2) is 36.4 Å². The van der Waals surface area contributed by atoms with Gasteiger partial charge in [0.05, 0.1) is 14.2 Å². The van der Waals surface area contributed by atoms with Gasteiger partial charge in [-0.2, -0.15) is 0 Å². The highest BCUT2D eigenvalue weighted by Crippen LogP contribution is 2.23. The summed E-state index contributed by atoms with van der Waals surface area (Å²) in [6.07, 6.45) is 0. The van der Waals surface area contributed by atoms with E-state index in [0.29, 0.717) is 13.1 Å². The molecule has 0 aliphatic carbocycles. The summed E-state index contributed by atoms with van der Waals surface area (Å²) in [5.74, 6) is -0.218. The molecule has 0 aromatic heterocycles. The highest BCUT2D eigenvalue weighted by atomic mass is 19.2. The number of halogens is 2. The van der Waals surface area contributed by atoms with E-state index in [4.69, 9.17) is 9.47 Å². The molecule has 2 rings (SSSR count). The summed E-state index contributed by atoms with van der Waals surface area (Å²) in [6.45, 7) is 1.14. The normalized spacial score (nSPS) is 10.8. The summed E-state index contributed by atoms with van der Waals surface area (Å²) < 4.78 is 36.6. The summed E-state index contributed by atoms with van der Waals surface area (Å²) in [7, 11) is 5.11. The van der Waals surface area contributed by atoms with Crippen LogP contribution in [-0.4, -0.2) is 26.2 Å². The molecule has 0 bridgehead atoms. The van der Waals surface area contributed by atoms with Crippen molar-refractivity contribution in [3.63, 3.8) is 0 Å². The lowest BCUT2D eigenvalue weighted by Gasteiger charge is -2.18. The van der Waals surface area contributed by atoms with Gasteiger partial charge in [0.25, 0.3) is 0 Å². The van der Waals surface area contributed by atoms with Crippen LogP contribution in [0.25, 0.3) is 0 Å². The maximum atomic E-state index is 13.2. The summed E-state index contributed by atoms with van der Waals surface area (Å²) in [4.78, 5) is 2.00. The van der Waals surface area contributed by atoms with Gasteiger partial charge < -0.3 is 9.47 Å². The van der Waals surface area contributed by atoms with Crippen LogP contribution < -0.4 is 9.47 Å². The number of nitrogens with zero attached hydrogens (tertiary/aromatic N) is 1. The molecule has 0 N–H and O–H groups in total. The van der Waals surface area contributed by atoms with Crippen molar-refractivity contribution >= 4 is 0 Å². The number of hydrogen-bond donors (Lipinski definition) is 0. The van der Waals surface area contributed by atoms with E-state index in [1.807, 2.05) is 24.1 Å². The minimum Gasteiger partial charge on any atom is -0.497 e. The Hall–Kier alpha value is -2.14. The molecule has 0 radical (unpaired) electrons. The SMILES string of the molecule is COc1cc(CN(C)Cc2ccc(F)c(F)c2)cc(OC)c1. The summed E-state index contributed by atoms with van der Waals surface area (Å²) in [6, 6.07) is 9.60. The van der Waals surface area contributed by atoms with E-state index in [-0.39, 0.29) is 0 Å². The third-order valence-electron chi connectivity index (χ3n) is 3.30. The molecule has 0 saturated carbocycles. The van der Waals surface area contributed by atoms with Crippen molar-refractivity contribution in [2.75, 3.05) is 21.3 Å². The van der Waals surface area contributed by atoms with Gasteiger partial charge in [0.15, 0.2) is 11.6 Å². The molecule has 0 saturated heterocycles. The van der Waals surface area contributed by atoms with E-state index in [0.717, 1.165) is 28.7 Å². The second-order valence-electron chi connectivity index (χ2n) is 5.14. The maximum Gasteiger partial charge on any atom is 0.159 e. The fraction of sp³-hybridized carbons (Fsp3) is 0.294. The van der Waals surface area contributed by atoms with Gasteiger partial charge in [-0.25, -0.2) is 8.78 Å². The number of rotatable bonds is 6. The van der Waals surface area contributed by atoms with Gasteiger partial charge in [-0.1, -0.05) is 6.07 Å². The average molecular weight is 307 g/mol. The smallest absolute Gasteiger partial charge is 0.159 e. The van der Waals surface area contributed by atoms with Gasteiger partial charge in [-0.15, -0.1) is 0 Å². The molecular weight excluding hydrogens is 288 g/mol. The third-order valence-corrected chi connectivity index (χ3v) is 3.30. The first kappa shape index (κ1) is 16.2. The zero-order valence-electron chi connectivity index (χ0n) is 12.9. The third kappa shape index (κ3) is 4.18. The Morgan fingerprint density at radius 1 is 0.818 bits per heavy atom. The van der Waals surface area contributed by atoms with E-state index in [1.54, 1.807) is 26.4 Å². The van der Waals surface area contributed by atoms with Crippen molar-refractivity contribution in [3.8, 4) is 11.5 Å². The fourth-order valence-electron chi connectivity index (χ4n) is 2.27.